The van der Waals surface area contributed by atoms with Gasteiger partial charge in [-0.15, -0.1) is 0 Å². The number of hydrogen-bond donors (Lipinski definition) is 0. The van der Waals surface area contributed by atoms with Gasteiger partial charge < -0.3 is 0 Å². The van der Waals surface area contributed by atoms with Crippen molar-refractivity contribution in [2.75, 3.05) is 0 Å². The molecular formula is C28H20Ge2O4. The van der Waals surface area contributed by atoms with Crippen LogP contribution >= 0.6 is 0 Å². The Morgan fingerprint density at radius 3 is 0.706 bits per heavy atom. The van der Waals surface area contributed by atoms with Gasteiger partial charge in [-0.3, -0.25) is 0 Å². The quantitative estimate of drug-likeness (QED) is 0.290. The van der Waals surface area contributed by atoms with E-state index >= 15 is 0 Å². The Labute approximate surface area is 211 Å². The van der Waals surface area contributed by atoms with Crippen molar-refractivity contribution in [3.05, 3.63) is 144 Å². The number of hydrogen-bond acceptors (Lipinski definition) is 4. The topological polar surface area (TPSA) is 68.3 Å². The molecule has 0 amide bonds. The van der Waals surface area contributed by atoms with Crippen LogP contribution in [-0.2, 0) is 0 Å². The first kappa shape index (κ1) is 25.3. The van der Waals surface area contributed by atoms with Gasteiger partial charge in [0.25, 0.3) is 0 Å². The van der Waals surface area contributed by atoms with E-state index in [0.29, 0.717) is 0 Å². The third-order valence-corrected chi connectivity index (χ3v) is 13.6. The molecule has 0 fully saturated rings. The molecule has 0 unspecified atom stereocenters. The van der Waals surface area contributed by atoms with E-state index in [2.05, 4.69) is 0 Å². The second-order valence-electron chi connectivity index (χ2n) is 7.53. The minimum Gasteiger partial charge on any atom is 0 e. The van der Waals surface area contributed by atoms with Crippen LogP contribution in [0.25, 0.3) is 0 Å². The largest absolute Gasteiger partial charge is 0 e. The Balaban J connectivity index is 0.00000324. The Bertz CT molecular complexity index is 1090. The summed E-state index contributed by atoms with van der Waals surface area (Å²) in [4.78, 5) is 56.5. The van der Waals surface area contributed by atoms with Crippen LogP contribution in [0.5, 0.6) is 0 Å². The maximum atomic E-state index is 14.1. The number of carbonyl (C=O) groups is 4. The molecule has 0 aliphatic rings. The number of rotatable bonds is 8. The van der Waals surface area contributed by atoms with E-state index < -0.39 is 31.7 Å². The molecule has 0 aliphatic carbocycles. The van der Waals surface area contributed by atoms with Crippen molar-refractivity contribution in [1.82, 2.24) is 0 Å². The summed E-state index contributed by atoms with van der Waals surface area (Å²) in [6.07, 6.45) is 0. The monoisotopic (exact) mass is 568 g/mol. The van der Waals surface area contributed by atoms with Gasteiger partial charge in [-0.1, -0.05) is 0 Å². The molecule has 4 rings (SSSR count). The minimum absolute atomic E-state index is 0. The Morgan fingerprint density at radius 2 is 0.529 bits per heavy atom. The molecule has 0 aliphatic heterocycles. The minimum atomic E-state index is -5.47. The van der Waals surface area contributed by atoms with Gasteiger partial charge in [0.15, 0.2) is 0 Å². The summed E-state index contributed by atoms with van der Waals surface area (Å²) < 4.78 is -2.64. The molecule has 0 saturated carbocycles. The van der Waals surface area contributed by atoms with Crippen LogP contribution in [0.2, 0.25) is 0 Å². The van der Waals surface area contributed by atoms with Crippen molar-refractivity contribution in [2.45, 2.75) is 0 Å². The fourth-order valence-corrected chi connectivity index (χ4v) is 11.5. The Morgan fingerprint density at radius 1 is 0.353 bits per heavy atom. The van der Waals surface area contributed by atoms with Crippen LogP contribution < -0.4 is 0 Å². The fourth-order valence-electron chi connectivity index (χ4n) is 3.84. The van der Waals surface area contributed by atoms with E-state index in [1.54, 1.807) is 121 Å². The Kier molecular flexibility index (Phi) is 8.31. The smallest absolute Gasteiger partial charge is 0 e. The molecule has 34 heavy (non-hydrogen) atoms. The summed E-state index contributed by atoms with van der Waals surface area (Å²) in [5, 5.41) is 0. The van der Waals surface area contributed by atoms with E-state index in [9.17, 15) is 19.2 Å². The van der Waals surface area contributed by atoms with Crippen LogP contribution in [-0.4, -0.2) is 49.3 Å². The first-order valence-electron chi connectivity index (χ1n) is 10.5. The first-order chi connectivity index (χ1) is 16.1. The normalized spacial score (nSPS) is 10.6. The summed E-state index contributed by atoms with van der Waals surface area (Å²) >= 11 is -5.47. The van der Waals surface area contributed by atoms with Crippen LogP contribution in [0, 0.1) is 0 Å². The van der Waals surface area contributed by atoms with Crippen molar-refractivity contribution in [2.24, 2.45) is 0 Å². The van der Waals surface area contributed by atoms with Crippen molar-refractivity contribution < 1.29 is 19.2 Å². The van der Waals surface area contributed by atoms with E-state index in [1.807, 2.05) is 0 Å². The van der Waals surface area contributed by atoms with E-state index in [0.717, 1.165) is 0 Å². The second kappa shape index (κ2) is 11.2. The Hall–Kier alpha value is -3.35. The predicted molar refractivity (Wildman–Crippen MR) is 135 cm³/mol. The third kappa shape index (κ3) is 4.65. The summed E-state index contributed by atoms with van der Waals surface area (Å²) in [6, 6.07) is 32.7. The molecule has 0 spiro atoms. The van der Waals surface area contributed by atoms with Crippen LogP contribution in [0.4, 0.5) is 0 Å². The molecule has 0 heterocycles. The van der Waals surface area contributed by atoms with Crippen LogP contribution in [0.1, 0.15) is 41.4 Å². The third-order valence-electron chi connectivity index (χ3n) is 5.51. The van der Waals surface area contributed by atoms with Crippen LogP contribution in [0.3, 0.4) is 0 Å². The molecule has 0 aromatic heterocycles. The molecule has 0 bridgehead atoms. The first-order valence-corrected chi connectivity index (χ1v) is 14.7. The van der Waals surface area contributed by atoms with Gasteiger partial charge in [-0.2, -0.15) is 0 Å². The molecular weight excluding hydrogens is 546 g/mol. The maximum Gasteiger partial charge on any atom is 0 e. The molecule has 4 radical (unpaired) electrons. The summed E-state index contributed by atoms with van der Waals surface area (Å²) in [5.74, 6) is 0. The van der Waals surface area contributed by atoms with Gasteiger partial charge in [0.1, 0.15) is 0 Å². The average Bonchev–Trinajstić information content (AvgIpc) is 2.90. The molecule has 4 nitrogen and oxygen atoms in total. The average molecular weight is 566 g/mol. The van der Waals surface area contributed by atoms with Crippen LogP contribution in [0.15, 0.2) is 121 Å². The molecule has 0 N–H and O–H groups in total. The van der Waals surface area contributed by atoms with Gasteiger partial charge in [0.2, 0.25) is 0 Å². The van der Waals surface area contributed by atoms with Crippen molar-refractivity contribution in [1.29, 1.82) is 0 Å². The predicted octanol–water partition coefficient (Wildman–Crippen LogP) is 4.74. The van der Waals surface area contributed by atoms with Gasteiger partial charge in [-0.05, 0) is 0 Å². The number of carbonyl (C=O) groups excluding carboxylic acids is 4. The summed E-state index contributed by atoms with van der Waals surface area (Å²) in [7, 11) is 0. The van der Waals surface area contributed by atoms with Gasteiger partial charge in [0, 0.05) is 17.6 Å². The molecule has 4 aromatic rings. The van der Waals surface area contributed by atoms with E-state index in [1.165, 1.54) is 0 Å². The van der Waals surface area contributed by atoms with Gasteiger partial charge in [0.05, 0.1) is 0 Å². The maximum absolute atomic E-state index is 14.1. The van der Waals surface area contributed by atoms with E-state index in [-0.39, 0.29) is 39.9 Å². The second-order valence-corrected chi connectivity index (χ2v) is 14.5. The standard InChI is InChI=1S/C28H20GeO4.Ge/c30-25(21-13-5-1-6-14-21)29(26(31)22-15-7-2-8-16-22,27(32)23-17-9-3-10-18-23)28(33)24-19-11-4-12-20-24;/h1-20H;. The SMILES string of the molecule is O=[C](c1ccccc1)[Ge]([C](=O)c1ccccc1)([C](=O)c1ccccc1)[C](=O)c1ccccc1.[Ge]. The zero-order valence-corrected chi connectivity index (χ0v) is 22.4. The zero-order valence-electron chi connectivity index (χ0n) is 18.2. The molecule has 6 heteroatoms. The number of benzene rings is 4. The fraction of sp³-hybridized carbons (Fsp3) is 0. The molecule has 4 aromatic carbocycles. The summed E-state index contributed by atoms with van der Waals surface area (Å²) in [5.41, 5.74) is 0.761. The van der Waals surface area contributed by atoms with Gasteiger partial charge >= 0.3 is 194 Å². The molecule has 164 valence electrons. The van der Waals surface area contributed by atoms with E-state index in [4.69, 9.17) is 0 Å². The van der Waals surface area contributed by atoms with Crippen molar-refractivity contribution in [3.63, 3.8) is 0 Å². The molecule has 0 saturated heterocycles. The zero-order chi connectivity index (χ0) is 23.3. The molecule has 0 atom stereocenters. The van der Waals surface area contributed by atoms with Crippen molar-refractivity contribution >= 4 is 49.3 Å². The van der Waals surface area contributed by atoms with Gasteiger partial charge in [-0.25, -0.2) is 0 Å². The van der Waals surface area contributed by atoms with Crippen molar-refractivity contribution in [3.8, 4) is 0 Å². The summed E-state index contributed by atoms with van der Waals surface area (Å²) in [6.45, 7) is 0.